The van der Waals surface area contributed by atoms with Crippen LogP contribution in [0.5, 0.6) is 11.5 Å². The molecule has 164 valence electrons. The first kappa shape index (κ1) is 21.5. The molecule has 0 bridgehead atoms. The molecule has 3 unspecified atom stereocenters. The predicted octanol–water partition coefficient (Wildman–Crippen LogP) is 6.71. The average Bonchev–Trinajstić information content (AvgIpc) is 3.36. The molecule has 3 atom stereocenters. The van der Waals surface area contributed by atoms with Crippen LogP contribution >= 0.6 is 0 Å². The Kier molecular flexibility index (Phi) is 6.40. The number of carbonyl (C=O) groups is 1. The maximum atomic E-state index is 14.4. The van der Waals surface area contributed by atoms with Gasteiger partial charge < -0.3 is 9.47 Å². The summed E-state index contributed by atoms with van der Waals surface area (Å²) >= 11 is 0. The Bertz CT molecular complexity index is 981. The van der Waals surface area contributed by atoms with Gasteiger partial charge in [0.2, 0.25) is 5.82 Å². The fourth-order valence-corrected chi connectivity index (χ4v) is 5.16. The van der Waals surface area contributed by atoms with Crippen molar-refractivity contribution < 1.29 is 23.0 Å². The third-order valence-corrected chi connectivity index (χ3v) is 6.60. The topological polar surface area (TPSA) is 35.5 Å². The lowest BCUT2D eigenvalue weighted by atomic mass is 9.87. The van der Waals surface area contributed by atoms with Gasteiger partial charge >= 0.3 is 5.97 Å². The average molecular weight is 427 g/mol. The highest BCUT2D eigenvalue weighted by atomic mass is 19.2. The zero-order valence-electron chi connectivity index (χ0n) is 18.0. The van der Waals surface area contributed by atoms with Crippen molar-refractivity contribution >= 4 is 5.97 Å². The van der Waals surface area contributed by atoms with Gasteiger partial charge in [0.1, 0.15) is 5.75 Å². The van der Waals surface area contributed by atoms with Crippen molar-refractivity contribution in [3.63, 3.8) is 0 Å². The van der Waals surface area contributed by atoms with E-state index in [4.69, 9.17) is 9.47 Å². The molecule has 0 N–H and O–H groups in total. The van der Waals surface area contributed by atoms with Crippen LogP contribution in [0.2, 0.25) is 0 Å². The normalized spacial score (nSPS) is 22.2. The Balaban J connectivity index is 1.44. The van der Waals surface area contributed by atoms with Gasteiger partial charge in [-0.3, -0.25) is 0 Å². The Labute approximate surface area is 182 Å². The molecule has 0 amide bonds. The lowest BCUT2D eigenvalue weighted by molar-refractivity contribution is -0.130. The van der Waals surface area contributed by atoms with E-state index in [0.717, 1.165) is 18.4 Å². The molecule has 1 saturated carbocycles. The summed E-state index contributed by atoms with van der Waals surface area (Å²) in [4.78, 5) is 12.8. The fraction of sp³-hybridized carbons (Fsp3) is 0.423. The predicted molar refractivity (Wildman–Crippen MR) is 116 cm³/mol. The minimum atomic E-state index is -1.00. The highest BCUT2D eigenvalue weighted by molar-refractivity contribution is 5.91. The number of rotatable bonds is 7. The van der Waals surface area contributed by atoms with Gasteiger partial charge in [-0.05, 0) is 73.8 Å². The van der Waals surface area contributed by atoms with E-state index in [-0.39, 0.29) is 23.9 Å². The SMILES string of the molecule is CCCC1CCC2C(C(=O)Oc3ccc(-c4ccc(OCC)c(F)c4F)cc3)=CCC12. The Morgan fingerprint density at radius 1 is 1.03 bits per heavy atom. The van der Waals surface area contributed by atoms with Crippen LogP contribution in [0.3, 0.4) is 0 Å². The largest absolute Gasteiger partial charge is 0.491 e. The van der Waals surface area contributed by atoms with E-state index >= 15 is 0 Å². The van der Waals surface area contributed by atoms with E-state index in [1.165, 1.54) is 31.4 Å². The van der Waals surface area contributed by atoms with Crippen molar-refractivity contribution in [2.75, 3.05) is 6.61 Å². The van der Waals surface area contributed by atoms with Crippen LogP contribution in [-0.2, 0) is 4.79 Å². The lowest BCUT2D eigenvalue weighted by Gasteiger charge is -2.19. The van der Waals surface area contributed by atoms with Crippen LogP contribution in [0.4, 0.5) is 8.78 Å². The molecular weight excluding hydrogens is 398 g/mol. The number of hydrogen-bond donors (Lipinski definition) is 0. The summed E-state index contributed by atoms with van der Waals surface area (Å²) in [5.74, 6) is -0.377. The second kappa shape index (κ2) is 9.21. The molecule has 2 aromatic rings. The van der Waals surface area contributed by atoms with Gasteiger partial charge in [0.05, 0.1) is 6.61 Å². The quantitative estimate of drug-likeness (QED) is 0.365. The van der Waals surface area contributed by atoms with Gasteiger partial charge in [-0.15, -0.1) is 0 Å². The van der Waals surface area contributed by atoms with Gasteiger partial charge in [0, 0.05) is 11.1 Å². The van der Waals surface area contributed by atoms with Gasteiger partial charge in [0.15, 0.2) is 11.6 Å². The van der Waals surface area contributed by atoms with E-state index in [9.17, 15) is 13.6 Å². The Morgan fingerprint density at radius 3 is 2.52 bits per heavy atom. The van der Waals surface area contributed by atoms with Gasteiger partial charge in [-0.1, -0.05) is 38.0 Å². The highest BCUT2D eigenvalue weighted by Crippen LogP contribution is 2.49. The van der Waals surface area contributed by atoms with Crippen molar-refractivity contribution in [1.29, 1.82) is 0 Å². The van der Waals surface area contributed by atoms with E-state index in [1.54, 1.807) is 31.2 Å². The minimum absolute atomic E-state index is 0.106. The fourth-order valence-electron chi connectivity index (χ4n) is 5.16. The first-order chi connectivity index (χ1) is 15.0. The summed E-state index contributed by atoms with van der Waals surface area (Å²) in [5.41, 5.74) is 1.43. The molecule has 2 aliphatic carbocycles. The molecule has 1 fully saturated rings. The summed E-state index contributed by atoms with van der Waals surface area (Å²) in [6.07, 6.45) is 7.65. The van der Waals surface area contributed by atoms with Crippen molar-refractivity contribution in [2.45, 2.75) is 46.0 Å². The molecule has 3 nitrogen and oxygen atoms in total. The van der Waals surface area contributed by atoms with Crippen LogP contribution in [0.1, 0.15) is 46.0 Å². The number of carbonyl (C=O) groups excluding carboxylic acids is 1. The van der Waals surface area contributed by atoms with Crippen molar-refractivity contribution in [1.82, 2.24) is 0 Å². The van der Waals surface area contributed by atoms with Crippen LogP contribution in [0.25, 0.3) is 11.1 Å². The summed E-state index contributed by atoms with van der Waals surface area (Å²) in [5, 5.41) is 0. The highest BCUT2D eigenvalue weighted by Gasteiger charge is 2.42. The molecule has 5 heteroatoms. The minimum Gasteiger partial charge on any atom is -0.491 e. The number of hydrogen-bond acceptors (Lipinski definition) is 3. The zero-order chi connectivity index (χ0) is 22.0. The molecule has 0 spiro atoms. The standard InChI is InChI=1S/C26H28F2O3/c1-3-5-16-8-11-21-19(16)12-13-22(21)26(29)31-18-9-6-17(7-10-18)20-14-15-23(30-4-2)25(28)24(20)27/h6-7,9-10,13-16,19,21H,3-5,8,11-12H2,1-2H3. The van der Waals surface area contributed by atoms with Gasteiger partial charge in [0.25, 0.3) is 0 Å². The summed E-state index contributed by atoms with van der Waals surface area (Å²) in [6.45, 7) is 4.18. The van der Waals surface area contributed by atoms with Crippen LogP contribution in [0, 0.1) is 29.4 Å². The Hall–Kier alpha value is -2.69. The van der Waals surface area contributed by atoms with Crippen LogP contribution in [-0.4, -0.2) is 12.6 Å². The number of benzene rings is 2. The number of esters is 1. The number of halogens is 2. The molecule has 0 radical (unpaired) electrons. The van der Waals surface area contributed by atoms with Crippen LogP contribution < -0.4 is 9.47 Å². The molecule has 0 saturated heterocycles. The molecule has 2 aliphatic rings. The smallest absolute Gasteiger partial charge is 0.339 e. The lowest BCUT2D eigenvalue weighted by Crippen LogP contribution is -2.18. The molecular formula is C26H28F2O3. The zero-order valence-corrected chi connectivity index (χ0v) is 18.0. The van der Waals surface area contributed by atoms with Crippen molar-refractivity contribution in [3.8, 4) is 22.6 Å². The summed E-state index contributed by atoms with van der Waals surface area (Å²) in [7, 11) is 0. The van der Waals surface area contributed by atoms with Crippen molar-refractivity contribution in [3.05, 3.63) is 59.7 Å². The third-order valence-electron chi connectivity index (χ3n) is 6.60. The van der Waals surface area contributed by atoms with E-state index < -0.39 is 11.6 Å². The first-order valence-electron chi connectivity index (χ1n) is 11.2. The molecule has 4 rings (SSSR count). The van der Waals surface area contributed by atoms with E-state index in [2.05, 4.69) is 6.92 Å². The third kappa shape index (κ3) is 4.23. The second-order valence-corrected chi connectivity index (χ2v) is 8.38. The van der Waals surface area contributed by atoms with Crippen molar-refractivity contribution in [2.24, 2.45) is 17.8 Å². The number of fused-ring (bicyclic) bond motifs is 1. The number of ether oxygens (including phenoxy) is 2. The first-order valence-corrected chi connectivity index (χ1v) is 11.2. The van der Waals surface area contributed by atoms with E-state index in [1.807, 2.05) is 6.08 Å². The maximum absolute atomic E-state index is 14.4. The van der Waals surface area contributed by atoms with Gasteiger partial charge in [-0.2, -0.15) is 4.39 Å². The molecule has 0 heterocycles. The summed E-state index contributed by atoms with van der Waals surface area (Å²) in [6, 6.07) is 9.38. The molecule has 0 aromatic heterocycles. The molecule has 2 aromatic carbocycles. The van der Waals surface area contributed by atoms with Crippen LogP contribution in [0.15, 0.2) is 48.0 Å². The second-order valence-electron chi connectivity index (χ2n) is 8.38. The molecule has 0 aliphatic heterocycles. The maximum Gasteiger partial charge on any atom is 0.339 e. The van der Waals surface area contributed by atoms with Gasteiger partial charge in [-0.25, -0.2) is 9.18 Å². The van der Waals surface area contributed by atoms with E-state index in [0.29, 0.717) is 29.1 Å². The Morgan fingerprint density at radius 2 is 1.81 bits per heavy atom. The monoisotopic (exact) mass is 426 g/mol. The summed E-state index contributed by atoms with van der Waals surface area (Å²) < 4.78 is 39.3. The molecule has 31 heavy (non-hydrogen) atoms. The number of allylic oxidation sites excluding steroid dienone is 1.